The Labute approximate surface area is 95.4 Å². The van der Waals surface area contributed by atoms with Gasteiger partial charge in [0.2, 0.25) is 0 Å². The number of benzene rings is 2. The van der Waals surface area contributed by atoms with Gasteiger partial charge in [0.05, 0.1) is 0 Å². The summed E-state index contributed by atoms with van der Waals surface area (Å²) in [6.45, 7) is 0. The summed E-state index contributed by atoms with van der Waals surface area (Å²) in [5, 5.41) is 9.24. The Morgan fingerprint density at radius 1 is 0.750 bits per heavy atom. The third-order valence-electron chi connectivity index (χ3n) is 3.34. The fourth-order valence-electron chi connectivity index (χ4n) is 2.35. The van der Waals surface area contributed by atoms with Gasteiger partial charge in [-0.15, -0.1) is 0 Å². The summed E-state index contributed by atoms with van der Waals surface area (Å²) in [7, 11) is 0. The SMILES string of the molecule is Oc1ccc(C2CC2c2ccccc2)cc1. The largest absolute Gasteiger partial charge is 0.508 e. The van der Waals surface area contributed by atoms with E-state index in [1.54, 1.807) is 12.1 Å². The van der Waals surface area contributed by atoms with Crippen LogP contribution in [0.5, 0.6) is 5.75 Å². The number of aromatic hydroxyl groups is 1. The van der Waals surface area contributed by atoms with Gasteiger partial charge in [-0.1, -0.05) is 42.5 Å². The Hall–Kier alpha value is -1.76. The van der Waals surface area contributed by atoms with E-state index in [4.69, 9.17) is 0 Å². The summed E-state index contributed by atoms with van der Waals surface area (Å²) in [6.07, 6.45) is 1.23. The smallest absolute Gasteiger partial charge is 0.115 e. The van der Waals surface area contributed by atoms with Gasteiger partial charge in [0.15, 0.2) is 0 Å². The van der Waals surface area contributed by atoms with Crippen LogP contribution in [0, 0.1) is 0 Å². The van der Waals surface area contributed by atoms with Crippen LogP contribution < -0.4 is 0 Å². The normalized spacial score (nSPS) is 23.0. The maximum Gasteiger partial charge on any atom is 0.115 e. The van der Waals surface area contributed by atoms with E-state index in [0.717, 1.165) is 0 Å². The second-order valence-corrected chi connectivity index (χ2v) is 4.45. The minimum absolute atomic E-state index is 0.348. The first-order valence-corrected chi connectivity index (χ1v) is 5.68. The third-order valence-corrected chi connectivity index (χ3v) is 3.34. The third kappa shape index (κ3) is 1.69. The summed E-state index contributed by atoms with van der Waals surface area (Å²) in [4.78, 5) is 0. The number of hydrogen-bond acceptors (Lipinski definition) is 1. The molecule has 2 aromatic carbocycles. The molecule has 0 heterocycles. The molecule has 0 radical (unpaired) electrons. The number of phenolic OH excluding ortho intramolecular Hbond substituents is 1. The summed E-state index contributed by atoms with van der Waals surface area (Å²) in [5.74, 6) is 1.66. The zero-order chi connectivity index (χ0) is 11.0. The van der Waals surface area contributed by atoms with Crippen molar-refractivity contribution in [2.75, 3.05) is 0 Å². The zero-order valence-electron chi connectivity index (χ0n) is 9.01. The van der Waals surface area contributed by atoms with Crippen LogP contribution in [0.4, 0.5) is 0 Å². The fraction of sp³-hybridized carbons (Fsp3) is 0.200. The standard InChI is InChI=1S/C15H14O/c16-13-8-6-12(7-9-13)15-10-14(15)11-4-2-1-3-5-11/h1-9,14-16H,10H2. The van der Waals surface area contributed by atoms with Crippen LogP contribution in [0.25, 0.3) is 0 Å². The molecule has 1 heteroatoms. The van der Waals surface area contributed by atoms with Gasteiger partial charge in [-0.2, -0.15) is 0 Å². The van der Waals surface area contributed by atoms with Crippen molar-refractivity contribution in [2.24, 2.45) is 0 Å². The van der Waals surface area contributed by atoms with Crippen LogP contribution >= 0.6 is 0 Å². The predicted molar refractivity (Wildman–Crippen MR) is 64.6 cm³/mol. The van der Waals surface area contributed by atoms with Gasteiger partial charge in [0, 0.05) is 0 Å². The quantitative estimate of drug-likeness (QED) is 0.802. The molecule has 16 heavy (non-hydrogen) atoms. The monoisotopic (exact) mass is 210 g/mol. The van der Waals surface area contributed by atoms with Crippen LogP contribution in [-0.2, 0) is 0 Å². The lowest BCUT2D eigenvalue weighted by Gasteiger charge is -2.01. The van der Waals surface area contributed by atoms with Gasteiger partial charge in [0.1, 0.15) is 5.75 Å². The van der Waals surface area contributed by atoms with Gasteiger partial charge in [-0.05, 0) is 41.5 Å². The van der Waals surface area contributed by atoms with E-state index in [1.807, 2.05) is 12.1 Å². The van der Waals surface area contributed by atoms with Crippen molar-refractivity contribution in [3.05, 3.63) is 65.7 Å². The molecule has 0 spiro atoms. The topological polar surface area (TPSA) is 20.2 Å². The summed E-state index contributed by atoms with van der Waals surface area (Å²) in [6, 6.07) is 18.3. The Bertz CT molecular complexity index is 473. The number of rotatable bonds is 2. The molecule has 1 aliphatic rings. The van der Waals surface area contributed by atoms with Gasteiger partial charge in [-0.3, -0.25) is 0 Å². The van der Waals surface area contributed by atoms with E-state index in [-0.39, 0.29) is 0 Å². The molecular weight excluding hydrogens is 196 g/mol. The zero-order valence-corrected chi connectivity index (χ0v) is 9.01. The van der Waals surface area contributed by atoms with Crippen molar-refractivity contribution in [2.45, 2.75) is 18.3 Å². The molecule has 1 aliphatic carbocycles. The Morgan fingerprint density at radius 3 is 1.94 bits per heavy atom. The first kappa shape index (κ1) is 9.46. The molecule has 0 saturated heterocycles. The van der Waals surface area contributed by atoms with Crippen molar-refractivity contribution in [3.8, 4) is 5.75 Å². The van der Waals surface area contributed by atoms with E-state index < -0.39 is 0 Å². The summed E-state index contributed by atoms with van der Waals surface area (Å²) >= 11 is 0. The van der Waals surface area contributed by atoms with Gasteiger partial charge < -0.3 is 5.11 Å². The maximum absolute atomic E-state index is 9.24. The van der Waals surface area contributed by atoms with Crippen LogP contribution in [0.2, 0.25) is 0 Å². The van der Waals surface area contributed by atoms with Crippen LogP contribution in [-0.4, -0.2) is 5.11 Å². The first-order valence-electron chi connectivity index (χ1n) is 5.68. The molecule has 1 fully saturated rings. The van der Waals surface area contributed by atoms with E-state index in [9.17, 15) is 5.11 Å². The lowest BCUT2D eigenvalue weighted by molar-refractivity contribution is 0.475. The molecule has 3 rings (SSSR count). The molecule has 0 amide bonds. The Balaban J connectivity index is 1.79. The first-order chi connectivity index (χ1) is 7.84. The van der Waals surface area contributed by atoms with E-state index in [1.165, 1.54) is 17.5 Å². The average molecular weight is 210 g/mol. The molecule has 0 aromatic heterocycles. The minimum Gasteiger partial charge on any atom is -0.508 e. The number of hydrogen-bond donors (Lipinski definition) is 1. The van der Waals surface area contributed by atoms with Crippen molar-refractivity contribution in [1.82, 2.24) is 0 Å². The van der Waals surface area contributed by atoms with Crippen LogP contribution in [0.1, 0.15) is 29.4 Å². The van der Waals surface area contributed by atoms with Gasteiger partial charge >= 0.3 is 0 Å². The van der Waals surface area contributed by atoms with Crippen LogP contribution in [0.15, 0.2) is 54.6 Å². The maximum atomic E-state index is 9.24. The molecule has 1 saturated carbocycles. The lowest BCUT2D eigenvalue weighted by atomic mass is 10.0. The average Bonchev–Trinajstić information content (AvgIpc) is 3.11. The van der Waals surface area contributed by atoms with E-state index in [0.29, 0.717) is 17.6 Å². The number of phenols is 1. The highest BCUT2D eigenvalue weighted by molar-refractivity contribution is 5.38. The predicted octanol–water partition coefficient (Wildman–Crippen LogP) is 3.66. The van der Waals surface area contributed by atoms with Crippen molar-refractivity contribution < 1.29 is 5.11 Å². The minimum atomic E-state index is 0.348. The molecular formula is C15H14O. The highest BCUT2D eigenvalue weighted by Crippen LogP contribution is 2.54. The molecule has 0 bridgehead atoms. The van der Waals surface area contributed by atoms with E-state index in [2.05, 4.69) is 30.3 Å². The van der Waals surface area contributed by atoms with Crippen molar-refractivity contribution in [3.63, 3.8) is 0 Å². The van der Waals surface area contributed by atoms with E-state index >= 15 is 0 Å². The van der Waals surface area contributed by atoms with Gasteiger partial charge in [-0.25, -0.2) is 0 Å². The summed E-state index contributed by atoms with van der Waals surface area (Å²) < 4.78 is 0. The highest BCUT2D eigenvalue weighted by atomic mass is 16.3. The molecule has 80 valence electrons. The molecule has 1 N–H and O–H groups in total. The van der Waals surface area contributed by atoms with Crippen molar-refractivity contribution in [1.29, 1.82) is 0 Å². The second kappa shape index (κ2) is 3.67. The molecule has 2 atom stereocenters. The second-order valence-electron chi connectivity index (χ2n) is 4.45. The lowest BCUT2D eigenvalue weighted by Crippen LogP contribution is -1.83. The van der Waals surface area contributed by atoms with Crippen LogP contribution in [0.3, 0.4) is 0 Å². The molecule has 1 nitrogen and oxygen atoms in total. The Morgan fingerprint density at radius 2 is 1.31 bits per heavy atom. The van der Waals surface area contributed by atoms with Gasteiger partial charge in [0.25, 0.3) is 0 Å². The highest BCUT2D eigenvalue weighted by Gasteiger charge is 2.39. The molecule has 2 unspecified atom stereocenters. The Kier molecular flexibility index (Phi) is 2.17. The summed E-state index contributed by atoms with van der Waals surface area (Å²) in [5.41, 5.74) is 2.77. The fourth-order valence-corrected chi connectivity index (χ4v) is 2.35. The van der Waals surface area contributed by atoms with Crippen molar-refractivity contribution >= 4 is 0 Å². The molecule has 0 aliphatic heterocycles. The molecule has 2 aromatic rings.